The molecule has 0 aliphatic heterocycles. The quantitative estimate of drug-likeness (QED) is 0.473. The second kappa shape index (κ2) is 8.99. The fourth-order valence-electron chi connectivity index (χ4n) is 1.60. The molecule has 0 aromatic heterocycles. The lowest BCUT2D eigenvalue weighted by molar-refractivity contribution is -0.118. The van der Waals surface area contributed by atoms with Gasteiger partial charge in [-0.25, -0.2) is 13.1 Å². The Hall–Kier alpha value is -1.05. The molecule has 1 rings (SSSR count). The number of thiol groups is 1. The molecule has 0 heterocycles. The van der Waals surface area contributed by atoms with E-state index >= 15 is 0 Å². The summed E-state index contributed by atoms with van der Waals surface area (Å²) in [6.07, 6.45) is 2.42. The molecule has 0 radical (unpaired) electrons. The lowest BCUT2D eigenvalue weighted by Crippen LogP contribution is -2.26. The van der Waals surface area contributed by atoms with Crippen LogP contribution in [0.15, 0.2) is 35.2 Å². The first kappa shape index (κ1) is 17.0. The number of benzene rings is 1. The van der Waals surface area contributed by atoms with Crippen molar-refractivity contribution in [3.63, 3.8) is 0 Å². The molecule has 0 atom stereocenters. The summed E-state index contributed by atoms with van der Waals surface area (Å²) >= 11 is 3.85. The summed E-state index contributed by atoms with van der Waals surface area (Å²) in [6, 6.07) is 8.29. The fourth-order valence-corrected chi connectivity index (χ4v) is 2.81. The van der Waals surface area contributed by atoms with Crippen LogP contribution in [0.5, 0.6) is 0 Å². The summed E-state index contributed by atoms with van der Waals surface area (Å²) in [4.78, 5) is 11.2. The lowest BCUT2D eigenvalue weighted by atomic mass is 10.2. The molecule has 0 aliphatic rings. The van der Waals surface area contributed by atoms with Crippen molar-refractivity contribution in [1.29, 1.82) is 0 Å². The first-order chi connectivity index (χ1) is 9.56. The summed E-state index contributed by atoms with van der Waals surface area (Å²) < 4.78 is 26.3. The Morgan fingerprint density at radius 2 is 1.70 bits per heavy atom. The molecule has 112 valence electrons. The van der Waals surface area contributed by atoms with Crippen molar-refractivity contribution in [3.8, 4) is 0 Å². The van der Waals surface area contributed by atoms with E-state index in [4.69, 9.17) is 0 Å². The number of nitrogens with one attached hydrogen (secondary N) is 2. The second-order valence-corrected chi connectivity index (χ2v) is 6.36. The Bertz CT molecular complexity index is 504. The van der Waals surface area contributed by atoms with Crippen LogP contribution in [0.2, 0.25) is 0 Å². The van der Waals surface area contributed by atoms with Gasteiger partial charge in [0.25, 0.3) is 0 Å². The summed E-state index contributed by atoms with van der Waals surface area (Å²) in [5, 5.41) is 2.71. The van der Waals surface area contributed by atoms with Crippen LogP contribution >= 0.6 is 12.6 Å². The molecule has 5 nitrogen and oxygen atoms in total. The van der Waals surface area contributed by atoms with E-state index in [1.807, 2.05) is 0 Å². The molecule has 1 aromatic rings. The van der Waals surface area contributed by atoms with Crippen LogP contribution in [0.1, 0.15) is 19.3 Å². The Kier molecular flexibility index (Phi) is 7.64. The van der Waals surface area contributed by atoms with E-state index < -0.39 is 10.0 Å². The number of unbranched alkanes of at least 4 members (excludes halogenated alkanes) is 2. The SMILES string of the molecule is O=C(CS)NCCCCCNS(=O)(=O)c1ccccc1. The van der Waals surface area contributed by atoms with Gasteiger partial charge in [0, 0.05) is 13.1 Å². The van der Waals surface area contributed by atoms with Crippen LogP contribution in [0.25, 0.3) is 0 Å². The standard InChI is InChI=1S/C13H20N2O3S2/c16-13(11-19)14-9-5-2-6-10-15-20(17,18)12-7-3-1-4-8-12/h1,3-4,7-8,15,19H,2,5-6,9-11H2,(H,14,16). The van der Waals surface area contributed by atoms with E-state index in [-0.39, 0.29) is 16.6 Å². The zero-order valence-corrected chi connectivity index (χ0v) is 12.9. The minimum Gasteiger partial charge on any atom is -0.355 e. The van der Waals surface area contributed by atoms with Crippen LogP contribution in [0, 0.1) is 0 Å². The highest BCUT2D eigenvalue weighted by molar-refractivity contribution is 7.89. The summed E-state index contributed by atoms with van der Waals surface area (Å²) in [7, 11) is -3.40. The fraction of sp³-hybridized carbons (Fsp3) is 0.462. The molecule has 1 amide bonds. The van der Waals surface area contributed by atoms with Gasteiger partial charge >= 0.3 is 0 Å². The molecular formula is C13H20N2O3S2. The van der Waals surface area contributed by atoms with Crippen molar-refractivity contribution in [2.24, 2.45) is 0 Å². The molecule has 0 saturated heterocycles. The lowest BCUT2D eigenvalue weighted by Gasteiger charge is -2.07. The largest absolute Gasteiger partial charge is 0.355 e. The maximum atomic E-state index is 11.9. The van der Waals surface area contributed by atoms with E-state index in [1.165, 1.54) is 0 Å². The highest BCUT2D eigenvalue weighted by Crippen LogP contribution is 2.07. The molecule has 0 spiro atoms. The predicted molar refractivity (Wildman–Crippen MR) is 82.3 cm³/mol. The highest BCUT2D eigenvalue weighted by Gasteiger charge is 2.11. The van der Waals surface area contributed by atoms with Gasteiger partial charge in [-0.05, 0) is 25.0 Å². The number of hydrogen-bond donors (Lipinski definition) is 3. The van der Waals surface area contributed by atoms with Crippen LogP contribution in [0.3, 0.4) is 0 Å². The van der Waals surface area contributed by atoms with Crippen molar-refractivity contribution in [1.82, 2.24) is 10.0 Å². The summed E-state index contributed by atoms with van der Waals surface area (Å²) in [5.41, 5.74) is 0. The van der Waals surface area contributed by atoms with Gasteiger partial charge in [0.05, 0.1) is 10.6 Å². The van der Waals surface area contributed by atoms with Gasteiger partial charge in [0.2, 0.25) is 15.9 Å². The van der Waals surface area contributed by atoms with Gasteiger partial charge in [-0.2, -0.15) is 12.6 Å². The Morgan fingerprint density at radius 3 is 2.35 bits per heavy atom. The summed E-state index contributed by atoms with van der Waals surface area (Å²) in [5.74, 6) is 0.106. The number of amides is 1. The van der Waals surface area contributed by atoms with E-state index in [2.05, 4.69) is 22.7 Å². The van der Waals surface area contributed by atoms with Gasteiger partial charge in [-0.3, -0.25) is 4.79 Å². The van der Waals surface area contributed by atoms with Crippen molar-refractivity contribution < 1.29 is 13.2 Å². The first-order valence-electron chi connectivity index (χ1n) is 6.48. The molecule has 20 heavy (non-hydrogen) atoms. The molecule has 7 heteroatoms. The monoisotopic (exact) mass is 316 g/mol. The number of rotatable bonds is 9. The Balaban J connectivity index is 2.17. The number of hydrogen-bond acceptors (Lipinski definition) is 4. The number of sulfonamides is 1. The average molecular weight is 316 g/mol. The Labute approximate surface area is 125 Å². The maximum Gasteiger partial charge on any atom is 0.240 e. The van der Waals surface area contributed by atoms with Crippen molar-refractivity contribution >= 4 is 28.6 Å². The van der Waals surface area contributed by atoms with E-state index in [1.54, 1.807) is 30.3 Å². The van der Waals surface area contributed by atoms with Crippen LogP contribution in [0.4, 0.5) is 0 Å². The molecule has 0 fully saturated rings. The number of carbonyl (C=O) groups is 1. The maximum absolute atomic E-state index is 11.9. The van der Waals surface area contributed by atoms with E-state index in [0.29, 0.717) is 13.1 Å². The molecule has 0 unspecified atom stereocenters. The van der Waals surface area contributed by atoms with Crippen molar-refractivity contribution in [3.05, 3.63) is 30.3 Å². The van der Waals surface area contributed by atoms with Crippen LogP contribution < -0.4 is 10.0 Å². The van der Waals surface area contributed by atoms with Gasteiger partial charge < -0.3 is 5.32 Å². The minimum absolute atomic E-state index is 0.0851. The smallest absolute Gasteiger partial charge is 0.240 e. The third-order valence-electron chi connectivity index (χ3n) is 2.66. The van der Waals surface area contributed by atoms with Gasteiger partial charge in [-0.15, -0.1) is 0 Å². The van der Waals surface area contributed by atoms with Crippen LogP contribution in [-0.4, -0.2) is 33.2 Å². The molecule has 2 N–H and O–H groups in total. The zero-order chi connectivity index (χ0) is 14.8. The molecule has 0 saturated carbocycles. The van der Waals surface area contributed by atoms with Gasteiger partial charge in [-0.1, -0.05) is 24.6 Å². The topological polar surface area (TPSA) is 75.3 Å². The predicted octanol–water partition coefficient (Wildman–Crippen LogP) is 1.18. The van der Waals surface area contributed by atoms with E-state index in [0.717, 1.165) is 19.3 Å². The first-order valence-corrected chi connectivity index (χ1v) is 8.60. The van der Waals surface area contributed by atoms with Crippen molar-refractivity contribution in [2.75, 3.05) is 18.8 Å². The van der Waals surface area contributed by atoms with Gasteiger partial charge in [0.15, 0.2) is 0 Å². The molecular weight excluding hydrogens is 296 g/mol. The minimum atomic E-state index is -3.40. The normalized spacial score (nSPS) is 11.2. The summed E-state index contributed by atoms with van der Waals surface area (Å²) in [6.45, 7) is 1.00. The highest BCUT2D eigenvalue weighted by atomic mass is 32.2. The number of carbonyl (C=O) groups excluding carboxylic acids is 1. The third kappa shape index (κ3) is 6.40. The zero-order valence-electron chi connectivity index (χ0n) is 11.2. The molecule has 1 aromatic carbocycles. The van der Waals surface area contributed by atoms with Crippen molar-refractivity contribution in [2.45, 2.75) is 24.2 Å². The average Bonchev–Trinajstić information content (AvgIpc) is 2.46. The van der Waals surface area contributed by atoms with Gasteiger partial charge in [0.1, 0.15) is 0 Å². The molecule has 0 aliphatic carbocycles. The molecule has 0 bridgehead atoms. The Morgan fingerprint density at radius 1 is 1.05 bits per heavy atom. The third-order valence-corrected chi connectivity index (χ3v) is 4.43. The van der Waals surface area contributed by atoms with E-state index in [9.17, 15) is 13.2 Å². The second-order valence-electron chi connectivity index (χ2n) is 4.28. The van der Waals surface area contributed by atoms with Crippen LogP contribution in [-0.2, 0) is 14.8 Å².